The van der Waals surface area contributed by atoms with Crippen molar-refractivity contribution in [2.24, 2.45) is 11.1 Å². The molecule has 0 spiro atoms. The van der Waals surface area contributed by atoms with Gasteiger partial charge in [-0.2, -0.15) is 0 Å². The van der Waals surface area contributed by atoms with Gasteiger partial charge in [0.1, 0.15) is 0 Å². The van der Waals surface area contributed by atoms with Crippen molar-refractivity contribution in [3.05, 3.63) is 47.3 Å². The van der Waals surface area contributed by atoms with Gasteiger partial charge in [-0.25, -0.2) is 0 Å². The number of rotatable bonds is 6. The molecular formula is C18H22N2O2S. The standard InChI is InChI=1S/C18H22N2O2S/c19-17(21)18(8-10-22-11-9-18)13-20-12-15-6-7-16(23-15)14-4-2-1-3-5-14/h1-7,20H,8-13H2,(H2,19,21). The number of hydrogen-bond acceptors (Lipinski definition) is 4. The van der Waals surface area contributed by atoms with Crippen molar-refractivity contribution in [2.45, 2.75) is 19.4 Å². The van der Waals surface area contributed by atoms with Gasteiger partial charge in [-0.15, -0.1) is 11.3 Å². The van der Waals surface area contributed by atoms with E-state index >= 15 is 0 Å². The van der Waals surface area contributed by atoms with Crippen LogP contribution in [0.15, 0.2) is 42.5 Å². The molecule has 1 saturated heterocycles. The maximum atomic E-state index is 11.8. The number of benzene rings is 1. The molecule has 4 nitrogen and oxygen atoms in total. The van der Waals surface area contributed by atoms with Crippen LogP contribution < -0.4 is 11.1 Å². The minimum atomic E-state index is -0.461. The third-order valence-electron chi connectivity index (χ3n) is 4.46. The summed E-state index contributed by atoms with van der Waals surface area (Å²) in [5.74, 6) is -0.218. The summed E-state index contributed by atoms with van der Waals surface area (Å²) in [4.78, 5) is 14.4. The van der Waals surface area contributed by atoms with Gasteiger partial charge in [-0.3, -0.25) is 4.79 Å². The minimum absolute atomic E-state index is 0.218. The Hall–Kier alpha value is -1.69. The van der Waals surface area contributed by atoms with Crippen molar-refractivity contribution in [3.8, 4) is 10.4 Å². The van der Waals surface area contributed by atoms with Gasteiger partial charge in [0.2, 0.25) is 5.91 Å². The lowest BCUT2D eigenvalue weighted by molar-refractivity contribution is -0.132. The van der Waals surface area contributed by atoms with Crippen LogP contribution in [0.25, 0.3) is 10.4 Å². The van der Waals surface area contributed by atoms with Crippen LogP contribution in [0.1, 0.15) is 17.7 Å². The Bertz CT molecular complexity index is 648. The zero-order valence-electron chi connectivity index (χ0n) is 13.1. The molecule has 0 atom stereocenters. The molecule has 1 aromatic heterocycles. The number of carbonyl (C=O) groups excluding carboxylic acids is 1. The molecule has 122 valence electrons. The molecule has 1 aliphatic rings. The molecule has 1 amide bonds. The van der Waals surface area contributed by atoms with Crippen LogP contribution in [-0.2, 0) is 16.1 Å². The monoisotopic (exact) mass is 330 g/mol. The largest absolute Gasteiger partial charge is 0.381 e. The van der Waals surface area contributed by atoms with Gasteiger partial charge in [-0.1, -0.05) is 30.3 Å². The summed E-state index contributed by atoms with van der Waals surface area (Å²) >= 11 is 1.78. The normalized spacial score (nSPS) is 17.0. The molecule has 0 saturated carbocycles. The zero-order valence-corrected chi connectivity index (χ0v) is 13.9. The highest BCUT2D eigenvalue weighted by atomic mass is 32.1. The van der Waals surface area contributed by atoms with E-state index in [-0.39, 0.29) is 5.91 Å². The van der Waals surface area contributed by atoms with Crippen LogP contribution in [0.3, 0.4) is 0 Å². The summed E-state index contributed by atoms with van der Waals surface area (Å²) in [6, 6.07) is 14.6. The fourth-order valence-corrected chi connectivity index (χ4v) is 3.91. The van der Waals surface area contributed by atoms with Crippen molar-refractivity contribution >= 4 is 17.2 Å². The van der Waals surface area contributed by atoms with Gasteiger partial charge in [-0.05, 0) is 30.5 Å². The summed E-state index contributed by atoms with van der Waals surface area (Å²) in [6.07, 6.45) is 1.41. The molecule has 0 radical (unpaired) electrons. The molecule has 1 fully saturated rings. The SMILES string of the molecule is NC(=O)C1(CNCc2ccc(-c3ccccc3)s2)CCOCC1. The second kappa shape index (κ2) is 7.25. The number of ether oxygens (including phenoxy) is 1. The highest BCUT2D eigenvalue weighted by molar-refractivity contribution is 7.15. The van der Waals surface area contributed by atoms with Gasteiger partial charge in [0.05, 0.1) is 5.41 Å². The van der Waals surface area contributed by atoms with E-state index in [1.165, 1.54) is 15.3 Å². The van der Waals surface area contributed by atoms with E-state index in [0.29, 0.717) is 32.6 Å². The summed E-state index contributed by atoms with van der Waals surface area (Å²) in [6.45, 7) is 2.60. The molecule has 2 aromatic rings. The highest BCUT2D eigenvalue weighted by Crippen LogP contribution is 2.30. The Morgan fingerprint density at radius 3 is 2.61 bits per heavy atom. The van der Waals surface area contributed by atoms with Crippen LogP contribution in [0.4, 0.5) is 0 Å². The first-order chi connectivity index (χ1) is 11.2. The average Bonchev–Trinajstić information content (AvgIpc) is 3.05. The lowest BCUT2D eigenvalue weighted by Crippen LogP contribution is -2.48. The predicted octanol–water partition coefficient (Wildman–Crippen LogP) is 2.79. The van der Waals surface area contributed by atoms with Crippen LogP contribution in [0, 0.1) is 5.41 Å². The number of primary amides is 1. The second-order valence-electron chi connectivity index (χ2n) is 5.99. The molecule has 3 rings (SSSR count). The van der Waals surface area contributed by atoms with Crippen molar-refractivity contribution in [3.63, 3.8) is 0 Å². The first-order valence-electron chi connectivity index (χ1n) is 7.92. The van der Waals surface area contributed by atoms with E-state index < -0.39 is 5.41 Å². The van der Waals surface area contributed by atoms with E-state index in [0.717, 1.165) is 6.54 Å². The molecular weight excluding hydrogens is 308 g/mol. The molecule has 0 aliphatic carbocycles. The summed E-state index contributed by atoms with van der Waals surface area (Å²) in [5.41, 5.74) is 6.41. The van der Waals surface area contributed by atoms with Gasteiger partial charge in [0, 0.05) is 36.1 Å². The topological polar surface area (TPSA) is 64.4 Å². The highest BCUT2D eigenvalue weighted by Gasteiger charge is 2.37. The zero-order chi connectivity index (χ0) is 16.1. The Labute approximate surface area is 140 Å². The number of nitrogens with one attached hydrogen (secondary N) is 1. The maximum absolute atomic E-state index is 11.8. The molecule has 1 aliphatic heterocycles. The fraction of sp³-hybridized carbons (Fsp3) is 0.389. The molecule has 5 heteroatoms. The molecule has 3 N–H and O–H groups in total. The van der Waals surface area contributed by atoms with E-state index in [9.17, 15) is 4.79 Å². The van der Waals surface area contributed by atoms with E-state index in [2.05, 4.69) is 41.7 Å². The van der Waals surface area contributed by atoms with Crippen molar-refractivity contribution < 1.29 is 9.53 Å². The minimum Gasteiger partial charge on any atom is -0.381 e. The third kappa shape index (κ3) is 3.80. The van der Waals surface area contributed by atoms with Crippen molar-refractivity contribution in [2.75, 3.05) is 19.8 Å². The van der Waals surface area contributed by atoms with Crippen molar-refractivity contribution in [1.82, 2.24) is 5.32 Å². The van der Waals surface area contributed by atoms with E-state index in [4.69, 9.17) is 10.5 Å². The molecule has 2 heterocycles. The lowest BCUT2D eigenvalue weighted by atomic mass is 9.79. The van der Waals surface area contributed by atoms with Gasteiger partial charge >= 0.3 is 0 Å². The first kappa shape index (κ1) is 16.2. The second-order valence-corrected chi connectivity index (χ2v) is 7.16. The first-order valence-corrected chi connectivity index (χ1v) is 8.74. The number of hydrogen-bond donors (Lipinski definition) is 2. The van der Waals surface area contributed by atoms with E-state index in [1.54, 1.807) is 11.3 Å². The van der Waals surface area contributed by atoms with Gasteiger partial charge < -0.3 is 15.8 Å². The summed E-state index contributed by atoms with van der Waals surface area (Å²) < 4.78 is 5.36. The maximum Gasteiger partial charge on any atom is 0.225 e. The Balaban J connectivity index is 1.58. The van der Waals surface area contributed by atoms with E-state index in [1.807, 2.05) is 6.07 Å². The number of carbonyl (C=O) groups is 1. The quantitative estimate of drug-likeness (QED) is 0.856. The van der Waals surface area contributed by atoms with Gasteiger partial charge in [0.25, 0.3) is 0 Å². The average molecular weight is 330 g/mol. The lowest BCUT2D eigenvalue weighted by Gasteiger charge is -2.34. The van der Waals surface area contributed by atoms with Crippen LogP contribution in [0.5, 0.6) is 0 Å². The summed E-state index contributed by atoms with van der Waals surface area (Å²) in [7, 11) is 0. The Morgan fingerprint density at radius 1 is 1.17 bits per heavy atom. The fourth-order valence-electron chi connectivity index (χ4n) is 2.93. The summed E-state index contributed by atoms with van der Waals surface area (Å²) in [5, 5.41) is 3.41. The molecule has 1 aromatic carbocycles. The Morgan fingerprint density at radius 2 is 1.91 bits per heavy atom. The molecule has 0 bridgehead atoms. The van der Waals surface area contributed by atoms with Gasteiger partial charge in [0.15, 0.2) is 0 Å². The number of thiophene rings is 1. The van der Waals surface area contributed by atoms with Crippen LogP contribution in [-0.4, -0.2) is 25.7 Å². The van der Waals surface area contributed by atoms with Crippen molar-refractivity contribution in [1.29, 1.82) is 0 Å². The smallest absolute Gasteiger partial charge is 0.225 e. The Kier molecular flexibility index (Phi) is 5.10. The molecule has 23 heavy (non-hydrogen) atoms. The third-order valence-corrected chi connectivity index (χ3v) is 5.59. The number of amides is 1. The number of nitrogens with two attached hydrogens (primary N) is 1. The predicted molar refractivity (Wildman–Crippen MR) is 93.1 cm³/mol. The van der Waals surface area contributed by atoms with Crippen LogP contribution >= 0.6 is 11.3 Å². The van der Waals surface area contributed by atoms with Crippen LogP contribution in [0.2, 0.25) is 0 Å². The molecule has 0 unspecified atom stereocenters.